The fourth-order valence-electron chi connectivity index (χ4n) is 1.42. The van der Waals surface area contributed by atoms with E-state index in [0.717, 1.165) is 17.4 Å². The fourth-order valence-corrected chi connectivity index (χ4v) is 1.66. The molecule has 2 aromatic rings. The molecule has 0 aliphatic heterocycles. The molecule has 0 atom stereocenters. The zero-order chi connectivity index (χ0) is 12.3. The smallest absolute Gasteiger partial charge is 0.316 e. The first-order valence-electron chi connectivity index (χ1n) is 4.85. The van der Waals surface area contributed by atoms with Crippen LogP contribution >= 0.6 is 11.6 Å². The highest BCUT2D eigenvalue weighted by Crippen LogP contribution is 2.23. The summed E-state index contributed by atoms with van der Waals surface area (Å²) >= 11 is 5.91. The summed E-state index contributed by atoms with van der Waals surface area (Å²) in [6, 6.07) is 5.37. The third-order valence-electron chi connectivity index (χ3n) is 2.20. The van der Waals surface area contributed by atoms with Crippen molar-refractivity contribution in [3.8, 4) is 17.1 Å². The summed E-state index contributed by atoms with van der Waals surface area (Å²) in [5, 5.41) is 0.500. The van der Waals surface area contributed by atoms with Crippen LogP contribution in [0.4, 0.5) is 0 Å². The summed E-state index contributed by atoms with van der Waals surface area (Å²) in [6.07, 6.45) is 3.98. The fraction of sp³-hybridized carbons (Fsp3) is 0.0833. The van der Waals surface area contributed by atoms with Gasteiger partial charge in [0.1, 0.15) is 6.29 Å². The van der Waals surface area contributed by atoms with Crippen LogP contribution in [0.3, 0.4) is 0 Å². The summed E-state index contributed by atoms with van der Waals surface area (Å²) in [4.78, 5) is 18.7. The maximum atomic E-state index is 10.7. The summed E-state index contributed by atoms with van der Waals surface area (Å²) in [7, 11) is 1.50. The maximum absolute atomic E-state index is 10.7. The average molecular weight is 249 g/mol. The van der Waals surface area contributed by atoms with Gasteiger partial charge >= 0.3 is 6.01 Å². The van der Waals surface area contributed by atoms with E-state index in [1.807, 2.05) is 0 Å². The molecule has 0 N–H and O–H groups in total. The van der Waals surface area contributed by atoms with Gasteiger partial charge < -0.3 is 4.74 Å². The van der Waals surface area contributed by atoms with Crippen LogP contribution in [-0.4, -0.2) is 23.4 Å². The van der Waals surface area contributed by atoms with Crippen LogP contribution in [-0.2, 0) is 0 Å². The Labute approximate surface area is 103 Å². The number of benzene rings is 1. The van der Waals surface area contributed by atoms with Crippen molar-refractivity contribution in [2.75, 3.05) is 7.11 Å². The number of carbonyl (C=O) groups is 1. The normalized spacial score (nSPS) is 10.0. The molecule has 1 heterocycles. The highest BCUT2D eigenvalue weighted by Gasteiger charge is 2.03. The lowest BCUT2D eigenvalue weighted by Crippen LogP contribution is -1.92. The lowest BCUT2D eigenvalue weighted by molar-refractivity contribution is 0.112. The van der Waals surface area contributed by atoms with Gasteiger partial charge in [0.15, 0.2) is 0 Å². The Balaban J connectivity index is 2.44. The van der Waals surface area contributed by atoms with Crippen molar-refractivity contribution in [3.05, 3.63) is 41.2 Å². The van der Waals surface area contributed by atoms with Crippen LogP contribution in [0.15, 0.2) is 30.6 Å². The van der Waals surface area contributed by atoms with Crippen LogP contribution in [0.2, 0.25) is 5.02 Å². The van der Waals surface area contributed by atoms with Crippen molar-refractivity contribution >= 4 is 17.9 Å². The molecule has 0 spiro atoms. The van der Waals surface area contributed by atoms with E-state index in [-0.39, 0.29) is 0 Å². The minimum absolute atomic E-state index is 0.298. The molecule has 86 valence electrons. The molecule has 17 heavy (non-hydrogen) atoms. The first-order chi connectivity index (χ1) is 8.22. The van der Waals surface area contributed by atoms with Gasteiger partial charge in [-0.15, -0.1) is 0 Å². The number of halogens is 1. The molecular weight excluding hydrogens is 240 g/mol. The second kappa shape index (κ2) is 4.93. The van der Waals surface area contributed by atoms with E-state index in [9.17, 15) is 4.79 Å². The largest absolute Gasteiger partial charge is 0.467 e. The molecule has 0 fully saturated rings. The lowest BCUT2D eigenvalue weighted by Gasteiger charge is -2.03. The first-order valence-corrected chi connectivity index (χ1v) is 5.23. The number of methoxy groups -OCH3 is 1. The van der Waals surface area contributed by atoms with Crippen molar-refractivity contribution in [3.63, 3.8) is 0 Å². The van der Waals surface area contributed by atoms with Crippen molar-refractivity contribution in [2.24, 2.45) is 0 Å². The summed E-state index contributed by atoms with van der Waals surface area (Å²) in [6.45, 7) is 0. The second-order valence-electron chi connectivity index (χ2n) is 3.35. The van der Waals surface area contributed by atoms with Crippen LogP contribution in [0.5, 0.6) is 6.01 Å². The third-order valence-corrected chi connectivity index (χ3v) is 2.42. The zero-order valence-electron chi connectivity index (χ0n) is 9.05. The van der Waals surface area contributed by atoms with Gasteiger partial charge in [-0.25, -0.2) is 9.97 Å². The van der Waals surface area contributed by atoms with E-state index in [4.69, 9.17) is 16.3 Å². The molecule has 1 aromatic heterocycles. The Kier molecular flexibility index (Phi) is 3.35. The molecule has 0 saturated heterocycles. The van der Waals surface area contributed by atoms with Crippen LogP contribution in [0, 0.1) is 0 Å². The second-order valence-corrected chi connectivity index (χ2v) is 3.79. The number of carbonyl (C=O) groups excluding carboxylic acids is 1. The van der Waals surface area contributed by atoms with E-state index in [0.29, 0.717) is 16.6 Å². The van der Waals surface area contributed by atoms with Crippen molar-refractivity contribution in [1.82, 2.24) is 9.97 Å². The molecule has 0 unspecified atom stereocenters. The number of rotatable bonds is 3. The monoisotopic (exact) mass is 248 g/mol. The van der Waals surface area contributed by atoms with Gasteiger partial charge in [0.2, 0.25) is 0 Å². The van der Waals surface area contributed by atoms with Crippen molar-refractivity contribution in [2.45, 2.75) is 0 Å². The van der Waals surface area contributed by atoms with Crippen LogP contribution < -0.4 is 4.74 Å². The van der Waals surface area contributed by atoms with Crippen LogP contribution in [0.25, 0.3) is 11.1 Å². The quantitative estimate of drug-likeness (QED) is 0.784. The molecule has 5 heteroatoms. The van der Waals surface area contributed by atoms with Crippen molar-refractivity contribution < 1.29 is 9.53 Å². The third kappa shape index (κ3) is 2.60. The number of hydrogen-bond acceptors (Lipinski definition) is 4. The molecule has 0 aliphatic rings. The summed E-state index contributed by atoms with van der Waals surface area (Å²) in [5.74, 6) is 0. The van der Waals surface area contributed by atoms with E-state index in [1.54, 1.807) is 30.6 Å². The molecule has 0 amide bonds. The Morgan fingerprint density at radius 1 is 1.18 bits per heavy atom. The Morgan fingerprint density at radius 2 is 1.88 bits per heavy atom. The minimum Gasteiger partial charge on any atom is -0.467 e. The lowest BCUT2D eigenvalue weighted by atomic mass is 10.1. The minimum atomic E-state index is 0.298. The van der Waals surface area contributed by atoms with Gasteiger partial charge in [-0.05, 0) is 23.8 Å². The maximum Gasteiger partial charge on any atom is 0.316 e. The number of nitrogens with zero attached hydrogens (tertiary/aromatic N) is 2. The standard InChI is InChI=1S/C12H9ClN2O2/c1-17-12-14-5-10(6-15-12)9-2-8(7-16)3-11(13)4-9/h2-7H,1H3. The average Bonchev–Trinajstić information content (AvgIpc) is 2.38. The SMILES string of the molecule is COc1ncc(-c2cc(Cl)cc(C=O)c2)cn1. The van der Waals surface area contributed by atoms with Gasteiger partial charge in [0.25, 0.3) is 0 Å². The van der Waals surface area contributed by atoms with Gasteiger partial charge in [0.05, 0.1) is 7.11 Å². The summed E-state index contributed by atoms with van der Waals surface area (Å²) < 4.78 is 4.87. The number of hydrogen-bond donors (Lipinski definition) is 0. The molecule has 4 nitrogen and oxygen atoms in total. The Hall–Kier alpha value is -1.94. The van der Waals surface area contributed by atoms with E-state index in [2.05, 4.69) is 9.97 Å². The van der Waals surface area contributed by atoms with E-state index < -0.39 is 0 Å². The Morgan fingerprint density at radius 3 is 2.47 bits per heavy atom. The predicted octanol–water partition coefficient (Wildman–Crippen LogP) is 2.62. The van der Waals surface area contributed by atoms with Gasteiger partial charge in [-0.2, -0.15) is 0 Å². The highest BCUT2D eigenvalue weighted by atomic mass is 35.5. The topological polar surface area (TPSA) is 52.1 Å². The van der Waals surface area contributed by atoms with Gasteiger partial charge in [0, 0.05) is 28.5 Å². The van der Waals surface area contributed by atoms with E-state index >= 15 is 0 Å². The molecule has 0 bridgehead atoms. The molecule has 0 saturated carbocycles. The Bertz CT molecular complexity index is 541. The highest BCUT2D eigenvalue weighted by molar-refractivity contribution is 6.31. The number of aldehydes is 1. The molecule has 0 aliphatic carbocycles. The predicted molar refractivity (Wildman–Crippen MR) is 64.4 cm³/mol. The zero-order valence-corrected chi connectivity index (χ0v) is 9.81. The molecule has 1 aromatic carbocycles. The number of ether oxygens (including phenoxy) is 1. The van der Waals surface area contributed by atoms with Gasteiger partial charge in [-0.1, -0.05) is 11.6 Å². The van der Waals surface area contributed by atoms with Crippen molar-refractivity contribution in [1.29, 1.82) is 0 Å². The first kappa shape index (κ1) is 11.5. The molecular formula is C12H9ClN2O2. The summed E-state index contributed by atoms with van der Waals surface area (Å²) in [5.41, 5.74) is 2.09. The van der Waals surface area contributed by atoms with Crippen LogP contribution in [0.1, 0.15) is 10.4 Å². The molecule has 0 radical (unpaired) electrons. The molecule has 2 rings (SSSR count). The number of aromatic nitrogens is 2. The van der Waals surface area contributed by atoms with E-state index in [1.165, 1.54) is 7.11 Å². The van der Waals surface area contributed by atoms with Gasteiger partial charge in [-0.3, -0.25) is 4.79 Å².